The zero-order valence-electron chi connectivity index (χ0n) is 14.0. The molecule has 2 atom stereocenters. The number of nitrogens with zero attached hydrogens (tertiary/aromatic N) is 3. The van der Waals surface area contributed by atoms with Crippen LogP contribution in [0.1, 0.15) is 44.3 Å². The average molecular weight is 347 g/mol. The summed E-state index contributed by atoms with van der Waals surface area (Å²) in [6, 6.07) is 3.69. The minimum absolute atomic E-state index is 0.0158. The van der Waals surface area contributed by atoms with E-state index in [1.165, 1.54) is 12.3 Å². The second kappa shape index (κ2) is 5.89. The number of pyridine rings is 1. The lowest BCUT2D eigenvalue weighted by molar-refractivity contribution is -0.118. The number of ether oxygens (including phenoxy) is 1. The van der Waals surface area contributed by atoms with Gasteiger partial charge >= 0.3 is 6.61 Å². The second-order valence-electron chi connectivity index (χ2n) is 7.08. The van der Waals surface area contributed by atoms with Crippen molar-refractivity contribution in [3.05, 3.63) is 30.2 Å². The Bertz CT molecular complexity index is 804. The maximum absolute atomic E-state index is 12.4. The van der Waals surface area contributed by atoms with E-state index in [9.17, 15) is 13.6 Å². The van der Waals surface area contributed by atoms with Gasteiger partial charge in [-0.3, -0.25) is 14.5 Å². The molecule has 132 valence electrons. The number of aromatic nitrogens is 3. The molecule has 0 saturated heterocycles. The first-order valence-corrected chi connectivity index (χ1v) is 8.45. The molecule has 2 aliphatic rings. The van der Waals surface area contributed by atoms with Crippen LogP contribution in [0, 0.1) is 11.8 Å². The van der Waals surface area contributed by atoms with Gasteiger partial charge < -0.3 is 4.74 Å². The minimum atomic E-state index is -2.88. The van der Waals surface area contributed by atoms with E-state index < -0.39 is 6.61 Å². The number of ketones is 1. The van der Waals surface area contributed by atoms with Crippen LogP contribution in [0.4, 0.5) is 8.78 Å². The van der Waals surface area contributed by atoms with Gasteiger partial charge in [-0.15, -0.1) is 0 Å². The Balaban J connectivity index is 1.65. The third-order valence-corrected chi connectivity index (χ3v) is 5.09. The third-order valence-electron chi connectivity index (χ3n) is 5.09. The number of carbonyl (C=O) groups excluding carboxylic acids is 1. The zero-order chi connectivity index (χ0) is 17.7. The molecule has 0 N–H and O–H groups in total. The number of halogens is 2. The largest absolute Gasteiger partial charge is 0.433 e. The molecule has 5 nitrogen and oxygen atoms in total. The second-order valence-corrected chi connectivity index (χ2v) is 7.08. The molecule has 2 saturated carbocycles. The fourth-order valence-corrected chi connectivity index (χ4v) is 3.99. The average Bonchev–Trinajstić information content (AvgIpc) is 2.91. The van der Waals surface area contributed by atoms with Crippen LogP contribution in [0.2, 0.25) is 0 Å². The normalized spacial score (nSPS) is 24.9. The van der Waals surface area contributed by atoms with Gasteiger partial charge in [0, 0.05) is 42.3 Å². The third kappa shape index (κ3) is 2.92. The van der Waals surface area contributed by atoms with Crippen LogP contribution >= 0.6 is 0 Å². The number of alkyl halides is 2. The monoisotopic (exact) mass is 347 g/mol. The van der Waals surface area contributed by atoms with Crippen molar-refractivity contribution in [1.82, 2.24) is 14.8 Å². The van der Waals surface area contributed by atoms with E-state index in [0.29, 0.717) is 47.6 Å². The van der Waals surface area contributed by atoms with Crippen molar-refractivity contribution in [3.63, 3.8) is 0 Å². The molecule has 2 unspecified atom stereocenters. The first-order valence-electron chi connectivity index (χ1n) is 8.45. The van der Waals surface area contributed by atoms with Crippen molar-refractivity contribution in [2.45, 2.75) is 45.3 Å². The van der Waals surface area contributed by atoms with Crippen molar-refractivity contribution >= 4 is 5.78 Å². The standard InChI is InChI=1S/C18H19F2N3O2/c1-9(2)23-16(17-13-4-11(24)5-14(13)17)6-15(22-23)10-3-12(8-21-7-10)25-18(19)20/h3,6-9,13-14,17-18H,4-5H2,1-2H3. The molecule has 7 heteroatoms. The summed E-state index contributed by atoms with van der Waals surface area (Å²) < 4.78 is 31.2. The predicted octanol–water partition coefficient (Wildman–Crippen LogP) is 3.82. The van der Waals surface area contributed by atoms with Crippen molar-refractivity contribution in [2.75, 3.05) is 0 Å². The lowest BCUT2D eigenvalue weighted by atomic mass is 10.1. The smallest absolute Gasteiger partial charge is 0.387 e. The van der Waals surface area contributed by atoms with Gasteiger partial charge in [0.25, 0.3) is 0 Å². The summed E-state index contributed by atoms with van der Waals surface area (Å²) in [6.07, 6.45) is 4.17. The van der Waals surface area contributed by atoms with E-state index in [4.69, 9.17) is 0 Å². The van der Waals surface area contributed by atoms with Gasteiger partial charge in [0.2, 0.25) is 0 Å². The van der Waals surface area contributed by atoms with Crippen LogP contribution in [0.25, 0.3) is 11.3 Å². The predicted molar refractivity (Wildman–Crippen MR) is 86.4 cm³/mol. The molecule has 2 fully saturated rings. The zero-order valence-corrected chi connectivity index (χ0v) is 14.0. The summed E-state index contributed by atoms with van der Waals surface area (Å²) >= 11 is 0. The van der Waals surface area contributed by atoms with Crippen LogP contribution in [0.3, 0.4) is 0 Å². The van der Waals surface area contributed by atoms with Crippen LogP contribution in [-0.2, 0) is 4.79 Å². The van der Waals surface area contributed by atoms with Gasteiger partial charge in [-0.25, -0.2) is 0 Å². The van der Waals surface area contributed by atoms with Gasteiger partial charge in [0.1, 0.15) is 11.5 Å². The van der Waals surface area contributed by atoms with E-state index in [2.05, 4.69) is 28.7 Å². The summed E-state index contributed by atoms with van der Waals surface area (Å²) in [4.78, 5) is 15.5. The van der Waals surface area contributed by atoms with E-state index in [1.54, 1.807) is 6.20 Å². The Kier molecular flexibility index (Phi) is 3.81. The molecule has 2 aromatic heterocycles. The number of hydrogen-bond acceptors (Lipinski definition) is 4. The minimum Gasteiger partial charge on any atom is -0.433 e. The fourth-order valence-electron chi connectivity index (χ4n) is 3.99. The SMILES string of the molecule is CC(C)n1nc(-c2cncc(OC(F)F)c2)cc1C1C2CC(=O)CC21. The Morgan fingerprint density at radius 1 is 1.20 bits per heavy atom. The molecule has 0 radical (unpaired) electrons. The van der Waals surface area contributed by atoms with Gasteiger partial charge in [-0.2, -0.15) is 13.9 Å². The summed E-state index contributed by atoms with van der Waals surface area (Å²) in [7, 11) is 0. The molecule has 0 aromatic carbocycles. The Labute approximate surface area is 144 Å². The summed E-state index contributed by atoms with van der Waals surface area (Å²) in [5.41, 5.74) is 2.44. The molecule has 2 aliphatic carbocycles. The maximum atomic E-state index is 12.4. The highest BCUT2D eigenvalue weighted by molar-refractivity contribution is 5.83. The highest BCUT2D eigenvalue weighted by Crippen LogP contribution is 2.62. The molecule has 4 rings (SSSR count). The highest BCUT2D eigenvalue weighted by atomic mass is 19.3. The number of fused-ring (bicyclic) bond motifs is 1. The van der Waals surface area contributed by atoms with E-state index in [-0.39, 0.29) is 11.8 Å². The Morgan fingerprint density at radius 3 is 2.56 bits per heavy atom. The fraction of sp³-hybridized carbons (Fsp3) is 0.500. The van der Waals surface area contributed by atoms with Gasteiger partial charge in [-0.05, 0) is 37.8 Å². The Morgan fingerprint density at radius 2 is 1.92 bits per heavy atom. The maximum Gasteiger partial charge on any atom is 0.387 e. The van der Waals surface area contributed by atoms with E-state index in [1.807, 2.05) is 10.7 Å². The number of hydrogen-bond donors (Lipinski definition) is 0. The van der Waals surface area contributed by atoms with Crippen molar-refractivity contribution < 1.29 is 18.3 Å². The Hall–Kier alpha value is -2.31. The van der Waals surface area contributed by atoms with Gasteiger partial charge in [0.05, 0.1) is 11.9 Å². The number of Topliss-reactive ketones (excluding diaryl/α,β-unsaturated/α-hetero) is 1. The van der Waals surface area contributed by atoms with Crippen molar-refractivity contribution in [1.29, 1.82) is 0 Å². The topological polar surface area (TPSA) is 57.0 Å². The molecule has 0 aliphatic heterocycles. The number of carbonyl (C=O) groups is 1. The van der Waals surface area contributed by atoms with E-state index >= 15 is 0 Å². The van der Waals surface area contributed by atoms with Gasteiger partial charge in [-0.1, -0.05) is 0 Å². The van der Waals surface area contributed by atoms with Crippen molar-refractivity contribution in [3.8, 4) is 17.0 Å². The summed E-state index contributed by atoms with van der Waals surface area (Å²) in [5, 5.41) is 4.66. The van der Waals surface area contributed by atoms with Crippen LogP contribution in [0.15, 0.2) is 24.5 Å². The van der Waals surface area contributed by atoms with Gasteiger partial charge in [0.15, 0.2) is 0 Å². The number of rotatable bonds is 5. The quantitative estimate of drug-likeness (QED) is 0.825. The lowest BCUT2D eigenvalue weighted by Crippen LogP contribution is -2.09. The molecular formula is C18H19F2N3O2. The first-order chi connectivity index (χ1) is 11.9. The molecule has 2 aromatic rings. The highest BCUT2D eigenvalue weighted by Gasteiger charge is 2.57. The van der Waals surface area contributed by atoms with Crippen molar-refractivity contribution in [2.24, 2.45) is 11.8 Å². The molecular weight excluding hydrogens is 328 g/mol. The molecule has 2 heterocycles. The molecule has 0 spiro atoms. The van der Waals surface area contributed by atoms with Crippen LogP contribution in [0.5, 0.6) is 5.75 Å². The summed E-state index contributed by atoms with van der Waals surface area (Å²) in [6.45, 7) is 1.22. The lowest BCUT2D eigenvalue weighted by Gasteiger charge is -2.11. The summed E-state index contributed by atoms with van der Waals surface area (Å²) in [5.74, 6) is 1.60. The molecule has 25 heavy (non-hydrogen) atoms. The van der Waals surface area contributed by atoms with E-state index in [0.717, 1.165) is 5.69 Å². The first kappa shape index (κ1) is 16.2. The van der Waals surface area contributed by atoms with Crippen LogP contribution < -0.4 is 4.74 Å². The molecule has 0 amide bonds. The molecule has 0 bridgehead atoms. The van der Waals surface area contributed by atoms with Crippen LogP contribution in [-0.4, -0.2) is 27.2 Å².